The summed E-state index contributed by atoms with van der Waals surface area (Å²) in [5, 5.41) is 0. The minimum absolute atomic E-state index is 0.102. The number of halogens is 3. The third-order valence-electron chi connectivity index (χ3n) is 3.08. The van der Waals surface area contributed by atoms with Gasteiger partial charge < -0.3 is 10.6 Å². The van der Waals surface area contributed by atoms with Gasteiger partial charge in [0.2, 0.25) is 5.95 Å². The molecule has 4 nitrogen and oxygen atoms in total. The van der Waals surface area contributed by atoms with Crippen molar-refractivity contribution in [3.05, 3.63) is 18.0 Å². The van der Waals surface area contributed by atoms with Gasteiger partial charge in [0, 0.05) is 25.8 Å². The van der Waals surface area contributed by atoms with Crippen molar-refractivity contribution in [1.82, 2.24) is 9.97 Å². The first kappa shape index (κ1) is 13.1. The third-order valence-corrected chi connectivity index (χ3v) is 3.08. The van der Waals surface area contributed by atoms with Crippen LogP contribution in [0.1, 0.15) is 18.5 Å². The van der Waals surface area contributed by atoms with Crippen molar-refractivity contribution in [1.29, 1.82) is 0 Å². The zero-order valence-electron chi connectivity index (χ0n) is 9.98. The van der Waals surface area contributed by atoms with E-state index in [-0.39, 0.29) is 12.0 Å². The predicted molar refractivity (Wildman–Crippen MR) is 61.0 cm³/mol. The molecule has 2 N–H and O–H groups in total. The van der Waals surface area contributed by atoms with Crippen LogP contribution in [0.5, 0.6) is 0 Å². The molecule has 1 aliphatic rings. The maximum absolute atomic E-state index is 12.5. The highest BCUT2D eigenvalue weighted by molar-refractivity contribution is 5.29. The molecule has 0 unspecified atom stereocenters. The zero-order chi connectivity index (χ0) is 13.3. The lowest BCUT2D eigenvalue weighted by Crippen LogP contribution is -2.42. The Balaban J connectivity index is 2.03. The van der Waals surface area contributed by atoms with E-state index in [1.54, 1.807) is 11.9 Å². The highest BCUT2D eigenvalue weighted by atomic mass is 19.4. The molecular weight excluding hydrogens is 245 g/mol. The average molecular weight is 260 g/mol. The van der Waals surface area contributed by atoms with Crippen LogP contribution in [0.3, 0.4) is 0 Å². The van der Waals surface area contributed by atoms with E-state index in [1.165, 1.54) is 0 Å². The Morgan fingerprint density at radius 3 is 2.67 bits per heavy atom. The molecule has 1 fully saturated rings. The SMILES string of the molecule is CN(CC1CC(N)C1)c1nccc(C(F)(F)F)n1. The molecule has 0 saturated heterocycles. The Bertz CT molecular complexity index is 415. The molecule has 0 spiro atoms. The number of alkyl halides is 3. The Hall–Kier alpha value is -1.37. The van der Waals surface area contributed by atoms with Gasteiger partial charge in [-0.3, -0.25) is 0 Å². The summed E-state index contributed by atoms with van der Waals surface area (Å²) < 4.78 is 37.5. The molecule has 2 rings (SSSR count). The highest BCUT2D eigenvalue weighted by Crippen LogP contribution is 2.29. The highest BCUT2D eigenvalue weighted by Gasteiger charge is 2.33. The molecule has 1 heterocycles. The Morgan fingerprint density at radius 2 is 2.11 bits per heavy atom. The summed E-state index contributed by atoms with van der Waals surface area (Å²) in [5.74, 6) is 0.522. The van der Waals surface area contributed by atoms with E-state index in [0.29, 0.717) is 12.5 Å². The van der Waals surface area contributed by atoms with Crippen molar-refractivity contribution in [3.8, 4) is 0 Å². The van der Waals surface area contributed by atoms with Crippen LogP contribution in [0.15, 0.2) is 12.3 Å². The van der Waals surface area contributed by atoms with E-state index in [9.17, 15) is 13.2 Å². The Labute approximate surface area is 103 Å². The second kappa shape index (κ2) is 4.72. The first-order valence-corrected chi connectivity index (χ1v) is 5.73. The van der Waals surface area contributed by atoms with Crippen LogP contribution in [-0.2, 0) is 6.18 Å². The Kier molecular flexibility index (Phi) is 3.43. The first-order chi connectivity index (χ1) is 8.36. The number of rotatable bonds is 3. The molecule has 100 valence electrons. The second-order valence-corrected chi connectivity index (χ2v) is 4.72. The molecule has 1 aliphatic carbocycles. The summed E-state index contributed by atoms with van der Waals surface area (Å²) >= 11 is 0. The average Bonchev–Trinajstić information content (AvgIpc) is 2.26. The third kappa shape index (κ3) is 2.90. The van der Waals surface area contributed by atoms with Crippen LogP contribution in [0.2, 0.25) is 0 Å². The van der Waals surface area contributed by atoms with E-state index in [2.05, 4.69) is 9.97 Å². The molecule has 1 aromatic rings. The maximum Gasteiger partial charge on any atom is 0.433 e. The van der Waals surface area contributed by atoms with Crippen LogP contribution in [0.4, 0.5) is 19.1 Å². The summed E-state index contributed by atoms with van der Waals surface area (Å²) in [7, 11) is 1.69. The number of hydrogen-bond donors (Lipinski definition) is 1. The van der Waals surface area contributed by atoms with Gasteiger partial charge in [0.1, 0.15) is 5.69 Å². The standard InChI is InChI=1S/C11H15F3N4/c1-18(6-7-4-8(15)5-7)10-16-3-2-9(17-10)11(12,13)14/h2-3,7-8H,4-6,15H2,1H3. The number of hydrogen-bond acceptors (Lipinski definition) is 4. The molecule has 7 heteroatoms. The molecule has 18 heavy (non-hydrogen) atoms. The van der Waals surface area contributed by atoms with Crippen molar-refractivity contribution in [2.75, 3.05) is 18.5 Å². The van der Waals surface area contributed by atoms with Crippen molar-refractivity contribution in [3.63, 3.8) is 0 Å². The van der Waals surface area contributed by atoms with E-state index in [1.807, 2.05) is 0 Å². The van der Waals surface area contributed by atoms with Crippen molar-refractivity contribution >= 4 is 5.95 Å². The van der Waals surface area contributed by atoms with Crippen molar-refractivity contribution in [2.24, 2.45) is 11.7 Å². The summed E-state index contributed by atoms with van der Waals surface area (Å²) in [6.45, 7) is 0.634. The number of nitrogens with zero attached hydrogens (tertiary/aromatic N) is 3. The van der Waals surface area contributed by atoms with E-state index in [0.717, 1.165) is 25.1 Å². The van der Waals surface area contributed by atoms with Crippen LogP contribution in [0.25, 0.3) is 0 Å². The molecule has 0 aromatic carbocycles. The second-order valence-electron chi connectivity index (χ2n) is 4.72. The lowest BCUT2D eigenvalue weighted by Gasteiger charge is -2.35. The van der Waals surface area contributed by atoms with Gasteiger partial charge in [-0.05, 0) is 24.8 Å². The van der Waals surface area contributed by atoms with Crippen LogP contribution < -0.4 is 10.6 Å². The minimum atomic E-state index is -4.43. The normalized spacial score (nSPS) is 23.6. The van der Waals surface area contributed by atoms with Gasteiger partial charge in [0.25, 0.3) is 0 Å². The zero-order valence-corrected chi connectivity index (χ0v) is 9.98. The molecule has 0 radical (unpaired) electrons. The van der Waals surface area contributed by atoms with Gasteiger partial charge >= 0.3 is 6.18 Å². The molecule has 1 aromatic heterocycles. The lowest BCUT2D eigenvalue weighted by molar-refractivity contribution is -0.141. The quantitative estimate of drug-likeness (QED) is 0.898. The summed E-state index contributed by atoms with van der Waals surface area (Å²) in [6.07, 6.45) is -1.49. The van der Waals surface area contributed by atoms with Gasteiger partial charge in [-0.2, -0.15) is 13.2 Å². The van der Waals surface area contributed by atoms with Crippen LogP contribution >= 0.6 is 0 Å². The topological polar surface area (TPSA) is 55.0 Å². The van der Waals surface area contributed by atoms with E-state index >= 15 is 0 Å². The monoisotopic (exact) mass is 260 g/mol. The van der Waals surface area contributed by atoms with Gasteiger partial charge in [0.05, 0.1) is 0 Å². The predicted octanol–water partition coefficient (Wildman–Crippen LogP) is 1.67. The van der Waals surface area contributed by atoms with Gasteiger partial charge in [-0.1, -0.05) is 0 Å². The number of anilines is 1. The smallest absolute Gasteiger partial charge is 0.344 e. The summed E-state index contributed by atoms with van der Waals surface area (Å²) in [6, 6.07) is 1.10. The van der Waals surface area contributed by atoms with Gasteiger partial charge in [-0.25, -0.2) is 9.97 Å². The largest absolute Gasteiger partial charge is 0.433 e. The molecule has 0 bridgehead atoms. The molecule has 1 saturated carbocycles. The van der Waals surface area contributed by atoms with E-state index in [4.69, 9.17) is 5.73 Å². The van der Waals surface area contributed by atoms with Crippen LogP contribution in [0, 0.1) is 5.92 Å². The number of nitrogens with two attached hydrogens (primary N) is 1. The van der Waals surface area contributed by atoms with E-state index < -0.39 is 11.9 Å². The summed E-state index contributed by atoms with van der Waals surface area (Å²) in [4.78, 5) is 9.04. The Morgan fingerprint density at radius 1 is 1.44 bits per heavy atom. The van der Waals surface area contributed by atoms with Crippen molar-refractivity contribution in [2.45, 2.75) is 25.1 Å². The molecule has 0 atom stereocenters. The minimum Gasteiger partial charge on any atom is -0.344 e. The lowest BCUT2D eigenvalue weighted by atomic mass is 9.81. The fraction of sp³-hybridized carbons (Fsp3) is 0.636. The molecule has 0 amide bonds. The fourth-order valence-electron chi connectivity index (χ4n) is 2.10. The van der Waals surface area contributed by atoms with Crippen molar-refractivity contribution < 1.29 is 13.2 Å². The number of aromatic nitrogens is 2. The maximum atomic E-state index is 12.5. The first-order valence-electron chi connectivity index (χ1n) is 5.73. The fourth-order valence-corrected chi connectivity index (χ4v) is 2.10. The van der Waals surface area contributed by atoms with Gasteiger partial charge in [0.15, 0.2) is 0 Å². The summed E-state index contributed by atoms with van der Waals surface area (Å²) in [5.41, 5.74) is 4.75. The molecular formula is C11H15F3N4. The van der Waals surface area contributed by atoms with Crippen LogP contribution in [-0.4, -0.2) is 29.6 Å². The van der Waals surface area contributed by atoms with Gasteiger partial charge in [-0.15, -0.1) is 0 Å². The molecule has 0 aliphatic heterocycles.